The van der Waals surface area contributed by atoms with E-state index in [1.807, 2.05) is 0 Å². The molecule has 0 aliphatic heterocycles. The molecule has 1 rings (SSSR count). The number of aliphatic hydroxyl groups excluding tert-OH is 1. The Morgan fingerprint density at radius 2 is 1.94 bits per heavy atom. The maximum absolute atomic E-state index is 8.50. The summed E-state index contributed by atoms with van der Waals surface area (Å²) in [5, 5.41) is 11.8. The molecule has 0 aliphatic rings. The molecule has 0 saturated heterocycles. The van der Waals surface area contributed by atoms with E-state index in [1.54, 1.807) is 11.8 Å². The van der Waals surface area contributed by atoms with Crippen LogP contribution in [0.1, 0.15) is 5.56 Å². The molecule has 0 aromatic heterocycles. The second kappa shape index (κ2) is 10.9. The normalized spacial score (nSPS) is 10.0. The number of nitrogens with one attached hydrogen (secondary N) is 1. The van der Waals surface area contributed by atoms with Crippen LogP contribution in [0, 0.1) is 0 Å². The number of hydrogen-bond donors (Lipinski definition) is 2. The van der Waals surface area contributed by atoms with Crippen LogP contribution in [0.2, 0.25) is 0 Å². The van der Waals surface area contributed by atoms with Gasteiger partial charge in [-0.25, -0.2) is 0 Å². The summed E-state index contributed by atoms with van der Waals surface area (Å²) < 4.78 is 5.14. The van der Waals surface area contributed by atoms with Gasteiger partial charge in [-0.1, -0.05) is 12.1 Å². The number of thioether (sulfide) groups is 1. The Morgan fingerprint density at radius 1 is 1.24 bits per heavy atom. The van der Waals surface area contributed by atoms with Gasteiger partial charge in [0.25, 0.3) is 0 Å². The van der Waals surface area contributed by atoms with Crippen molar-refractivity contribution in [3.8, 4) is 0 Å². The highest BCUT2D eigenvalue weighted by Crippen LogP contribution is 2.14. The highest BCUT2D eigenvalue weighted by Gasteiger charge is 1.93. The van der Waals surface area contributed by atoms with Gasteiger partial charge in [-0.2, -0.15) is 0 Å². The third-order valence-corrected chi connectivity index (χ3v) is 2.89. The number of ether oxygens (including phenoxy) is 1. The predicted molar refractivity (Wildman–Crippen MR) is 75.1 cm³/mol. The molecule has 1 aromatic rings. The molecule has 98 valence electrons. The summed E-state index contributed by atoms with van der Waals surface area (Å²) >= 11 is 1.75. The summed E-state index contributed by atoms with van der Waals surface area (Å²) in [5.74, 6) is 0. The maximum Gasteiger partial charge on any atom is 0.0698 e. The second-order valence-electron chi connectivity index (χ2n) is 3.36. The quantitative estimate of drug-likeness (QED) is 0.563. The SMILES string of the molecule is CSc1ccc(CNCCOCCO)cc1.Cl. The molecule has 0 unspecified atom stereocenters. The van der Waals surface area contributed by atoms with E-state index in [4.69, 9.17) is 9.84 Å². The lowest BCUT2D eigenvalue weighted by molar-refractivity contribution is 0.0938. The van der Waals surface area contributed by atoms with E-state index in [0.717, 1.165) is 13.1 Å². The van der Waals surface area contributed by atoms with Gasteiger partial charge in [0, 0.05) is 18.0 Å². The van der Waals surface area contributed by atoms with Gasteiger partial charge in [0.15, 0.2) is 0 Å². The molecular weight excluding hydrogens is 258 g/mol. The van der Waals surface area contributed by atoms with Crippen molar-refractivity contribution in [2.75, 3.05) is 32.6 Å². The highest BCUT2D eigenvalue weighted by molar-refractivity contribution is 7.98. The first-order valence-electron chi connectivity index (χ1n) is 5.39. The lowest BCUT2D eigenvalue weighted by Crippen LogP contribution is -2.19. The minimum atomic E-state index is 0. The van der Waals surface area contributed by atoms with Crippen LogP contribution in [0.4, 0.5) is 0 Å². The monoisotopic (exact) mass is 277 g/mol. The van der Waals surface area contributed by atoms with Crippen LogP contribution in [0.3, 0.4) is 0 Å². The Morgan fingerprint density at radius 3 is 2.53 bits per heavy atom. The van der Waals surface area contributed by atoms with E-state index in [-0.39, 0.29) is 19.0 Å². The third-order valence-electron chi connectivity index (χ3n) is 2.15. The van der Waals surface area contributed by atoms with Crippen LogP contribution in [-0.4, -0.2) is 37.7 Å². The zero-order valence-electron chi connectivity index (χ0n) is 10.0. The molecule has 0 atom stereocenters. The molecule has 0 fully saturated rings. The minimum Gasteiger partial charge on any atom is -0.394 e. The first-order valence-corrected chi connectivity index (χ1v) is 6.61. The van der Waals surface area contributed by atoms with Crippen molar-refractivity contribution in [3.05, 3.63) is 29.8 Å². The van der Waals surface area contributed by atoms with E-state index in [1.165, 1.54) is 10.5 Å². The zero-order valence-corrected chi connectivity index (χ0v) is 11.6. The number of aliphatic hydroxyl groups is 1. The Labute approximate surface area is 113 Å². The van der Waals surface area contributed by atoms with Crippen molar-refractivity contribution < 1.29 is 9.84 Å². The molecule has 0 heterocycles. The van der Waals surface area contributed by atoms with Gasteiger partial charge < -0.3 is 15.2 Å². The Kier molecular flexibility index (Phi) is 10.7. The highest BCUT2D eigenvalue weighted by atomic mass is 35.5. The molecule has 0 amide bonds. The van der Waals surface area contributed by atoms with E-state index in [9.17, 15) is 0 Å². The fourth-order valence-corrected chi connectivity index (χ4v) is 1.70. The van der Waals surface area contributed by atoms with Crippen molar-refractivity contribution in [2.24, 2.45) is 0 Å². The first-order chi connectivity index (χ1) is 7.86. The van der Waals surface area contributed by atoms with E-state index >= 15 is 0 Å². The molecule has 17 heavy (non-hydrogen) atoms. The van der Waals surface area contributed by atoms with Gasteiger partial charge in [0.2, 0.25) is 0 Å². The van der Waals surface area contributed by atoms with Crippen LogP contribution >= 0.6 is 24.2 Å². The average Bonchev–Trinajstić information content (AvgIpc) is 2.34. The fourth-order valence-electron chi connectivity index (χ4n) is 1.29. The second-order valence-corrected chi connectivity index (χ2v) is 4.24. The summed E-state index contributed by atoms with van der Waals surface area (Å²) in [6, 6.07) is 8.52. The van der Waals surface area contributed by atoms with Gasteiger partial charge in [-0.3, -0.25) is 0 Å². The van der Waals surface area contributed by atoms with E-state index in [0.29, 0.717) is 13.2 Å². The summed E-state index contributed by atoms with van der Waals surface area (Å²) in [6.07, 6.45) is 2.08. The average molecular weight is 278 g/mol. The van der Waals surface area contributed by atoms with Crippen LogP contribution < -0.4 is 5.32 Å². The van der Waals surface area contributed by atoms with E-state index in [2.05, 4.69) is 35.8 Å². The molecule has 5 heteroatoms. The molecule has 0 saturated carbocycles. The predicted octanol–water partition coefficient (Wildman–Crippen LogP) is 1.93. The zero-order chi connectivity index (χ0) is 11.6. The molecule has 1 aromatic carbocycles. The van der Waals surface area contributed by atoms with Crippen molar-refractivity contribution in [1.82, 2.24) is 5.32 Å². The van der Waals surface area contributed by atoms with Gasteiger partial charge in [-0.05, 0) is 24.0 Å². The van der Waals surface area contributed by atoms with Crippen molar-refractivity contribution >= 4 is 24.2 Å². The molecule has 0 aliphatic carbocycles. The smallest absolute Gasteiger partial charge is 0.0698 e. The van der Waals surface area contributed by atoms with Crippen LogP contribution in [0.15, 0.2) is 29.2 Å². The fraction of sp³-hybridized carbons (Fsp3) is 0.500. The lowest BCUT2D eigenvalue weighted by Gasteiger charge is -2.06. The molecule has 0 bridgehead atoms. The molecule has 0 radical (unpaired) electrons. The number of hydrogen-bond acceptors (Lipinski definition) is 4. The number of benzene rings is 1. The Balaban J connectivity index is 0.00000256. The minimum absolute atomic E-state index is 0. The molecule has 0 spiro atoms. The van der Waals surface area contributed by atoms with Crippen LogP contribution in [0.25, 0.3) is 0 Å². The molecule has 3 nitrogen and oxygen atoms in total. The lowest BCUT2D eigenvalue weighted by atomic mass is 10.2. The Hall–Kier alpha value is -0.260. The van der Waals surface area contributed by atoms with Crippen molar-refractivity contribution in [1.29, 1.82) is 0 Å². The topological polar surface area (TPSA) is 41.5 Å². The maximum atomic E-state index is 8.50. The summed E-state index contributed by atoms with van der Waals surface area (Å²) in [6.45, 7) is 2.82. The van der Waals surface area contributed by atoms with Gasteiger partial charge in [0.05, 0.1) is 19.8 Å². The standard InChI is InChI=1S/C12H19NO2S.ClH/c1-16-12-4-2-11(3-5-12)10-13-6-8-15-9-7-14;/h2-5,13-14H,6-10H2,1H3;1H. The molecular formula is C12H20ClNO2S. The first kappa shape index (κ1) is 16.7. The summed E-state index contributed by atoms with van der Waals surface area (Å²) in [5.41, 5.74) is 1.28. The van der Waals surface area contributed by atoms with Gasteiger partial charge in [0.1, 0.15) is 0 Å². The van der Waals surface area contributed by atoms with Crippen LogP contribution in [-0.2, 0) is 11.3 Å². The van der Waals surface area contributed by atoms with Gasteiger partial charge in [-0.15, -0.1) is 24.2 Å². The summed E-state index contributed by atoms with van der Waals surface area (Å²) in [7, 11) is 0. The van der Waals surface area contributed by atoms with Crippen molar-refractivity contribution in [3.63, 3.8) is 0 Å². The largest absolute Gasteiger partial charge is 0.394 e. The van der Waals surface area contributed by atoms with E-state index < -0.39 is 0 Å². The van der Waals surface area contributed by atoms with Gasteiger partial charge >= 0.3 is 0 Å². The van der Waals surface area contributed by atoms with Crippen LogP contribution in [0.5, 0.6) is 0 Å². The Bertz CT molecular complexity index is 282. The summed E-state index contributed by atoms with van der Waals surface area (Å²) in [4.78, 5) is 1.29. The van der Waals surface area contributed by atoms with Crippen molar-refractivity contribution in [2.45, 2.75) is 11.4 Å². The number of halogens is 1. The number of rotatable bonds is 8. The third kappa shape index (κ3) is 7.63. The molecule has 2 N–H and O–H groups in total.